The summed E-state index contributed by atoms with van der Waals surface area (Å²) in [4.78, 5) is 0.0313. The van der Waals surface area contributed by atoms with Crippen LogP contribution >= 0.6 is 0 Å². The van der Waals surface area contributed by atoms with Gasteiger partial charge >= 0.3 is 0 Å². The summed E-state index contributed by atoms with van der Waals surface area (Å²) < 4.78 is 70.5. The highest BCUT2D eigenvalue weighted by molar-refractivity contribution is 7.90. The maximum atomic E-state index is 13.0. The number of rotatable bonds is 8. The number of fused-ring (bicyclic) bond motifs is 1. The molecule has 8 nitrogen and oxygen atoms in total. The Morgan fingerprint density at radius 1 is 0.583 bits per heavy atom. The zero-order valence-electron chi connectivity index (χ0n) is 19.7. The van der Waals surface area contributed by atoms with Gasteiger partial charge in [0.2, 0.25) is 0 Å². The zero-order valence-corrected chi connectivity index (χ0v) is 21.3. The summed E-state index contributed by atoms with van der Waals surface area (Å²) >= 11 is 0. The molecule has 1 aliphatic carbocycles. The third-order valence-electron chi connectivity index (χ3n) is 5.18. The minimum atomic E-state index is -4.03. The molecule has 186 valence electrons. The van der Waals surface area contributed by atoms with Gasteiger partial charge in [-0.25, -0.2) is 0 Å². The van der Waals surface area contributed by atoms with E-state index in [2.05, 4.69) is 8.80 Å². The minimum Gasteiger partial charge on any atom is -0.494 e. The fourth-order valence-electron chi connectivity index (χ4n) is 3.54. The Bertz CT molecular complexity index is 1440. The Morgan fingerprint density at radius 2 is 0.944 bits per heavy atom. The van der Waals surface area contributed by atoms with Crippen LogP contribution in [0.2, 0.25) is 0 Å². The molecule has 0 fully saturated rings. The van der Waals surface area contributed by atoms with Crippen LogP contribution in [0.4, 0.5) is 0 Å². The standard InChI is InChI=1S/C26H24N2O6S2/c1-3-33-19-9-13-21(14-10-19)35(29,30)27-25-17-18-26(24-8-6-5-7-23(24)25)28-36(31,32)22-15-11-20(12-16-22)34-4-2/h5-18H,3-4H2,1-2H3/b27-25+,28-26+. The van der Waals surface area contributed by atoms with Crippen molar-refractivity contribution in [3.63, 3.8) is 0 Å². The number of hydrogen-bond donors (Lipinski definition) is 0. The van der Waals surface area contributed by atoms with Crippen molar-refractivity contribution in [1.82, 2.24) is 0 Å². The lowest BCUT2D eigenvalue weighted by atomic mass is 9.94. The van der Waals surface area contributed by atoms with Gasteiger partial charge in [-0.05, 0) is 74.5 Å². The van der Waals surface area contributed by atoms with Gasteiger partial charge in [-0.2, -0.15) is 25.6 Å². The molecular weight excluding hydrogens is 500 g/mol. The first-order valence-electron chi connectivity index (χ1n) is 11.2. The second kappa shape index (κ2) is 10.5. The van der Waals surface area contributed by atoms with Gasteiger partial charge in [0.05, 0.1) is 34.4 Å². The zero-order chi connectivity index (χ0) is 25.8. The van der Waals surface area contributed by atoms with Crippen molar-refractivity contribution in [2.45, 2.75) is 23.6 Å². The van der Waals surface area contributed by atoms with Gasteiger partial charge in [0.25, 0.3) is 20.0 Å². The van der Waals surface area contributed by atoms with Crippen LogP contribution in [-0.4, -0.2) is 41.5 Å². The van der Waals surface area contributed by atoms with Crippen molar-refractivity contribution in [3.05, 3.63) is 96.1 Å². The van der Waals surface area contributed by atoms with Gasteiger partial charge in [-0.15, -0.1) is 0 Å². The predicted molar refractivity (Wildman–Crippen MR) is 138 cm³/mol. The first kappa shape index (κ1) is 25.3. The average Bonchev–Trinajstić information content (AvgIpc) is 2.86. The summed E-state index contributed by atoms with van der Waals surface area (Å²) in [6.07, 6.45) is 2.89. The topological polar surface area (TPSA) is 111 Å². The van der Waals surface area contributed by atoms with Crippen LogP contribution in [0.15, 0.2) is 104 Å². The smallest absolute Gasteiger partial charge is 0.282 e. The fraction of sp³-hybridized carbons (Fsp3) is 0.154. The molecular formula is C26H24N2O6S2. The molecule has 3 aromatic carbocycles. The number of hydrogen-bond acceptors (Lipinski definition) is 6. The quantitative estimate of drug-likeness (QED) is 0.432. The van der Waals surface area contributed by atoms with Crippen molar-refractivity contribution in [2.24, 2.45) is 8.80 Å². The molecule has 1 aliphatic rings. The molecule has 0 spiro atoms. The van der Waals surface area contributed by atoms with E-state index in [1.807, 2.05) is 13.8 Å². The van der Waals surface area contributed by atoms with Crippen molar-refractivity contribution in [1.29, 1.82) is 0 Å². The van der Waals surface area contributed by atoms with Gasteiger partial charge in [0.1, 0.15) is 11.5 Å². The third kappa shape index (κ3) is 5.55. The highest BCUT2D eigenvalue weighted by Gasteiger charge is 2.22. The van der Waals surface area contributed by atoms with Gasteiger partial charge < -0.3 is 9.47 Å². The molecule has 36 heavy (non-hydrogen) atoms. The third-order valence-corrected chi connectivity index (χ3v) is 7.79. The van der Waals surface area contributed by atoms with Crippen molar-refractivity contribution >= 4 is 31.5 Å². The monoisotopic (exact) mass is 524 g/mol. The normalized spacial score (nSPS) is 15.6. The molecule has 0 atom stereocenters. The molecule has 10 heteroatoms. The maximum absolute atomic E-state index is 13.0. The molecule has 0 bridgehead atoms. The summed E-state index contributed by atoms with van der Waals surface area (Å²) in [5.41, 5.74) is 1.26. The minimum absolute atomic E-state index is 0.0156. The molecule has 3 aromatic rings. The molecule has 0 heterocycles. The van der Waals surface area contributed by atoms with Gasteiger partial charge in [-0.1, -0.05) is 24.3 Å². The maximum Gasteiger partial charge on any atom is 0.282 e. The SMILES string of the molecule is CCOc1ccc(S(=O)(=O)/N=C2C=C/C(=N\S(=O)(=O)c3ccc(OCC)cc3)c3ccccc3\2)cc1. The molecule has 0 saturated carbocycles. The van der Waals surface area contributed by atoms with Crippen LogP contribution in [-0.2, 0) is 20.0 Å². The van der Waals surface area contributed by atoms with Crippen molar-refractivity contribution in [3.8, 4) is 11.5 Å². The summed E-state index contributed by atoms with van der Waals surface area (Å²) in [5, 5.41) is 0. The van der Waals surface area contributed by atoms with Crippen LogP contribution in [0, 0.1) is 0 Å². The van der Waals surface area contributed by atoms with Gasteiger partial charge in [0.15, 0.2) is 0 Å². The molecule has 0 aromatic heterocycles. The number of allylic oxidation sites excluding steroid dienone is 2. The van der Waals surface area contributed by atoms with E-state index in [-0.39, 0.29) is 21.2 Å². The largest absolute Gasteiger partial charge is 0.494 e. The summed E-state index contributed by atoms with van der Waals surface area (Å²) in [7, 11) is -8.06. The molecule has 0 N–H and O–H groups in total. The van der Waals surface area contributed by atoms with Crippen LogP contribution < -0.4 is 9.47 Å². The van der Waals surface area contributed by atoms with E-state index in [4.69, 9.17) is 9.47 Å². The van der Waals surface area contributed by atoms with Crippen molar-refractivity contribution < 1.29 is 26.3 Å². The second-order valence-electron chi connectivity index (χ2n) is 7.59. The number of nitrogens with zero attached hydrogens (tertiary/aromatic N) is 2. The molecule has 4 rings (SSSR count). The van der Waals surface area contributed by atoms with Gasteiger partial charge in [0, 0.05) is 11.1 Å². The lowest BCUT2D eigenvalue weighted by molar-refractivity contribution is 0.340. The van der Waals surface area contributed by atoms with Crippen molar-refractivity contribution in [2.75, 3.05) is 13.2 Å². The molecule has 0 aliphatic heterocycles. The van der Waals surface area contributed by atoms with Gasteiger partial charge in [-0.3, -0.25) is 0 Å². The van der Waals surface area contributed by atoms with E-state index < -0.39 is 20.0 Å². The Morgan fingerprint density at radius 3 is 1.28 bits per heavy atom. The van der Waals surface area contributed by atoms with Crippen LogP contribution in [0.5, 0.6) is 11.5 Å². The summed E-state index contributed by atoms with van der Waals surface area (Å²) in [6, 6.07) is 18.8. The summed E-state index contributed by atoms with van der Waals surface area (Å²) in [6.45, 7) is 4.61. The molecule has 0 radical (unpaired) electrons. The van der Waals surface area contributed by atoms with E-state index in [9.17, 15) is 16.8 Å². The predicted octanol–water partition coefficient (Wildman–Crippen LogP) is 4.41. The number of benzene rings is 3. The van der Waals surface area contributed by atoms with Crippen LogP contribution in [0.3, 0.4) is 0 Å². The summed E-state index contributed by atoms with van der Waals surface area (Å²) in [5.74, 6) is 1.11. The average molecular weight is 525 g/mol. The Labute approximate surface area is 210 Å². The lowest BCUT2D eigenvalue weighted by Crippen LogP contribution is -2.16. The lowest BCUT2D eigenvalue weighted by Gasteiger charge is -2.15. The Balaban J connectivity index is 1.69. The number of sulfonamides is 2. The highest BCUT2D eigenvalue weighted by Crippen LogP contribution is 2.24. The molecule has 0 saturated heterocycles. The van der Waals surface area contributed by atoms with E-state index in [0.717, 1.165) is 0 Å². The van der Waals surface area contributed by atoms with E-state index in [1.165, 1.54) is 36.4 Å². The molecule has 0 amide bonds. The number of ether oxygens (including phenoxy) is 2. The van der Waals surface area contributed by atoms with E-state index in [1.54, 1.807) is 48.5 Å². The Kier molecular flexibility index (Phi) is 7.37. The first-order valence-corrected chi connectivity index (χ1v) is 14.0. The Hall–Kier alpha value is -3.76. The molecule has 0 unspecified atom stereocenters. The van der Waals surface area contributed by atoms with E-state index >= 15 is 0 Å². The van der Waals surface area contributed by atoms with Crippen LogP contribution in [0.25, 0.3) is 0 Å². The van der Waals surface area contributed by atoms with E-state index in [0.29, 0.717) is 35.8 Å². The fourth-order valence-corrected chi connectivity index (χ4v) is 5.55. The highest BCUT2D eigenvalue weighted by atomic mass is 32.2. The first-order chi connectivity index (χ1) is 17.2. The second-order valence-corrected chi connectivity index (χ2v) is 10.8. The van der Waals surface area contributed by atoms with Crippen LogP contribution in [0.1, 0.15) is 25.0 Å².